The van der Waals surface area contributed by atoms with Gasteiger partial charge < -0.3 is 9.84 Å². The number of nitrogens with zero attached hydrogens (tertiary/aromatic N) is 2. The second kappa shape index (κ2) is 6.20. The highest BCUT2D eigenvalue weighted by molar-refractivity contribution is 7.99. The van der Waals surface area contributed by atoms with Gasteiger partial charge in [-0.1, -0.05) is 5.16 Å². The Morgan fingerprint density at radius 3 is 2.80 bits per heavy atom. The first-order valence-electron chi connectivity index (χ1n) is 6.55. The van der Waals surface area contributed by atoms with Crippen LogP contribution in [-0.2, 0) is 0 Å². The number of likely N-dealkylation sites (N-methyl/N-ethyl adjacent to an activating group) is 1. The lowest BCUT2D eigenvalue weighted by molar-refractivity contribution is 0.344. The number of aromatic nitrogens is 2. The molecule has 2 atom stereocenters. The van der Waals surface area contributed by atoms with E-state index in [-0.39, 0.29) is 0 Å². The van der Waals surface area contributed by atoms with E-state index in [1.807, 2.05) is 30.9 Å². The molecule has 0 saturated carbocycles. The molecule has 1 N–H and O–H groups in total. The molecule has 0 amide bonds. The zero-order valence-corrected chi connectivity index (χ0v) is 13.1. The third kappa shape index (κ3) is 2.73. The lowest BCUT2D eigenvalue weighted by Gasteiger charge is -2.13. The summed E-state index contributed by atoms with van der Waals surface area (Å²) in [7, 11) is 1.99. The summed E-state index contributed by atoms with van der Waals surface area (Å²) in [4.78, 5) is 5.81. The van der Waals surface area contributed by atoms with Gasteiger partial charge >= 0.3 is 0 Å². The molecule has 1 fully saturated rings. The largest absolute Gasteiger partial charge is 0.339 e. The molecular weight excluding hydrogens is 290 g/mol. The topological polar surface area (TPSA) is 51.0 Å². The zero-order valence-electron chi connectivity index (χ0n) is 11.5. The number of hydrogen-bond donors (Lipinski definition) is 1. The summed E-state index contributed by atoms with van der Waals surface area (Å²) in [5.74, 6) is 3.88. The van der Waals surface area contributed by atoms with Crippen molar-refractivity contribution >= 4 is 23.5 Å². The van der Waals surface area contributed by atoms with Crippen LogP contribution in [0.25, 0.3) is 11.4 Å². The summed E-state index contributed by atoms with van der Waals surface area (Å²) in [5.41, 5.74) is 1.00. The van der Waals surface area contributed by atoms with Crippen molar-refractivity contribution in [2.45, 2.75) is 16.9 Å². The standard InChI is InChI=1S/C14H17N3OS2/c1-15-12-8-20-7-11(12)14-16-13(17-18-14)9-3-5-10(19-2)6-4-9/h3-6,11-12,15H,7-8H2,1-2H3. The van der Waals surface area contributed by atoms with Gasteiger partial charge in [0.05, 0.1) is 5.92 Å². The Bertz CT molecular complexity index is 570. The summed E-state index contributed by atoms with van der Waals surface area (Å²) in [6.07, 6.45) is 2.07. The molecule has 3 rings (SSSR count). The number of rotatable bonds is 4. The third-order valence-corrected chi connectivity index (χ3v) is 5.49. The van der Waals surface area contributed by atoms with Gasteiger partial charge in [-0.25, -0.2) is 0 Å². The van der Waals surface area contributed by atoms with Crippen LogP contribution < -0.4 is 5.32 Å². The van der Waals surface area contributed by atoms with E-state index < -0.39 is 0 Å². The minimum absolute atomic E-state index is 0.316. The van der Waals surface area contributed by atoms with E-state index in [2.05, 4.69) is 33.8 Å². The Labute approximate surface area is 127 Å². The molecule has 0 aliphatic carbocycles. The van der Waals surface area contributed by atoms with Crippen LogP contribution in [0.3, 0.4) is 0 Å². The van der Waals surface area contributed by atoms with Crippen LogP contribution in [-0.4, -0.2) is 41.0 Å². The first-order chi connectivity index (χ1) is 9.81. The molecule has 2 heterocycles. The van der Waals surface area contributed by atoms with Gasteiger partial charge in [-0.15, -0.1) is 11.8 Å². The van der Waals surface area contributed by atoms with Crippen LogP contribution in [0.1, 0.15) is 11.8 Å². The quantitative estimate of drug-likeness (QED) is 0.877. The van der Waals surface area contributed by atoms with Crippen molar-refractivity contribution in [3.63, 3.8) is 0 Å². The van der Waals surface area contributed by atoms with Crippen molar-refractivity contribution in [1.29, 1.82) is 0 Å². The molecule has 0 bridgehead atoms. The predicted molar refractivity (Wildman–Crippen MR) is 84.4 cm³/mol. The molecule has 1 aromatic carbocycles. The third-order valence-electron chi connectivity index (χ3n) is 3.56. The number of benzene rings is 1. The first kappa shape index (κ1) is 14.0. The highest BCUT2D eigenvalue weighted by Crippen LogP contribution is 2.32. The summed E-state index contributed by atoms with van der Waals surface area (Å²) >= 11 is 3.65. The van der Waals surface area contributed by atoms with E-state index in [0.29, 0.717) is 17.8 Å². The second-order valence-corrected chi connectivity index (χ2v) is 6.68. The van der Waals surface area contributed by atoms with Gasteiger partial charge in [0.1, 0.15) is 0 Å². The molecule has 20 heavy (non-hydrogen) atoms. The molecular formula is C14H17N3OS2. The fraction of sp³-hybridized carbons (Fsp3) is 0.429. The van der Waals surface area contributed by atoms with Crippen molar-refractivity contribution in [1.82, 2.24) is 15.5 Å². The molecule has 106 valence electrons. The summed E-state index contributed by atoms with van der Waals surface area (Å²) in [5, 5.41) is 7.45. The molecule has 0 radical (unpaired) electrons. The van der Waals surface area contributed by atoms with Crippen molar-refractivity contribution in [3.05, 3.63) is 30.2 Å². The summed E-state index contributed by atoms with van der Waals surface area (Å²) < 4.78 is 5.47. The molecule has 1 aromatic heterocycles. The molecule has 2 aromatic rings. The van der Waals surface area contributed by atoms with Crippen molar-refractivity contribution in [3.8, 4) is 11.4 Å². The number of thioether (sulfide) groups is 2. The highest BCUT2D eigenvalue weighted by Gasteiger charge is 2.32. The minimum Gasteiger partial charge on any atom is -0.339 e. The van der Waals surface area contributed by atoms with Gasteiger partial charge in [0, 0.05) is 28.0 Å². The van der Waals surface area contributed by atoms with Gasteiger partial charge in [-0.05, 0) is 37.6 Å². The maximum atomic E-state index is 5.47. The van der Waals surface area contributed by atoms with Gasteiger partial charge in [0.25, 0.3) is 0 Å². The van der Waals surface area contributed by atoms with Crippen LogP contribution in [0.15, 0.2) is 33.7 Å². The summed E-state index contributed by atoms with van der Waals surface area (Å²) in [6.45, 7) is 0. The molecule has 1 saturated heterocycles. The van der Waals surface area contributed by atoms with E-state index in [1.165, 1.54) is 4.90 Å². The zero-order chi connectivity index (χ0) is 13.9. The van der Waals surface area contributed by atoms with E-state index in [0.717, 1.165) is 23.0 Å². The Morgan fingerprint density at radius 1 is 1.30 bits per heavy atom. The lowest BCUT2D eigenvalue weighted by Crippen LogP contribution is -2.31. The van der Waals surface area contributed by atoms with Crippen LogP contribution in [0.4, 0.5) is 0 Å². The van der Waals surface area contributed by atoms with Crippen LogP contribution in [0.2, 0.25) is 0 Å². The van der Waals surface area contributed by atoms with Gasteiger partial charge in [-0.2, -0.15) is 16.7 Å². The average Bonchev–Trinajstić information content (AvgIpc) is 3.15. The SMILES string of the molecule is CNC1CSCC1c1nc(-c2ccc(SC)cc2)no1. The Kier molecular flexibility index (Phi) is 4.33. The molecule has 1 aliphatic rings. The second-order valence-electron chi connectivity index (χ2n) is 4.72. The molecule has 2 unspecified atom stereocenters. The number of hydrogen-bond acceptors (Lipinski definition) is 6. The Hall–Kier alpha value is -0.980. The van der Waals surface area contributed by atoms with E-state index in [4.69, 9.17) is 4.52 Å². The van der Waals surface area contributed by atoms with Crippen LogP contribution >= 0.6 is 23.5 Å². The van der Waals surface area contributed by atoms with E-state index >= 15 is 0 Å². The molecule has 4 nitrogen and oxygen atoms in total. The maximum absolute atomic E-state index is 5.47. The van der Waals surface area contributed by atoms with Crippen LogP contribution in [0, 0.1) is 0 Å². The first-order valence-corrected chi connectivity index (χ1v) is 8.93. The molecule has 0 spiro atoms. The predicted octanol–water partition coefficient (Wildman–Crippen LogP) is 2.88. The fourth-order valence-electron chi connectivity index (χ4n) is 2.33. The Morgan fingerprint density at radius 2 is 2.10 bits per heavy atom. The van der Waals surface area contributed by atoms with Gasteiger partial charge in [0.15, 0.2) is 0 Å². The average molecular weight is 307 g/mol. The van der Waals surface area contributed by atoms with Gasteiger partial charge in [0.2, 0.25) is 11.7 Å². The fourth-order valence-corrected chi connectivity index (χ4v) is 4.15. The normalized spacial score (nSPS) is 22.3. The summed E-state index contributed by atoms with van der Waals surface area (Å²) in [6, 6.07) is 8.67. The molecule has 6 heteroatoms. The lowest BCUT2D eigenvalue weighted by atomic mass is 10.0. The maximum Gasteiger partial charge on any atom is 0.232 e. The van der Waals surface area contributed by atoms with Crippen molar-refractivity contribution < 1.29 is 4.52 Å². The van der Waals surface area contributed by atoms with Gasteiger partial charge in [-0.3, -0.25) is 0 Å². The minimum atomic E-state index is 0.316. The number of nitrogens with one attached hydrogen (secondary N) is 1. The van der Waals surface area contributed by atoms with Crippen molar-refractivity contribution in [2.75, 3.05) is 24.8 Å². The van der Waals surface area contributed by atoms with Crippen LogP contribution in [0.5, 0.6) is 0 Å². The van der Waals surface area contributed by atoms with Crippen molar-refractivity contribution in [2.24, 2.45) is 0 Å². The molecule has 1 aliphatic heterocycles. The van der Waals surface area contributed by atoms with E-state index in [1.54, 1.807) is 11.8 Å². The van der Waals surface area contributed by atoms with E-state index in [9.17, 15) is 0 Å². The highest BCUT2D eigenvalue weighted by atomic mass is 32.2. The monoisotopic (exact) mass is 307 g/mol. The smallest absolute Gasteiger partial charge is 0.232 e. The Balaban J connectivity index is 1.82.